The third-order valence-corrected chi connectivity index (χ3v) is 7.36. The molecule has 1 N–H and O–H groups in total. The highest BCUT2D eigenvalue weighted by atomic mass is 32.2. The van der Waals surface area contributed by atoms with Crippen LogP contribution in [0.3, 0.4) is 0 Å². The zero-order valence-corrected chi connectivity index (χ0v) is 18.7. The van der Waals surface area contributed by atoms with Gasteiger partial charge in [-0.15, -0.1) is 11.3 Å². The van der Waals surface area contributed by atoms with E-state index in [4.69, 9.17) is 4.74 Å². The van der Waals surface area contributed by atoms with Gasteiger partial charge in [0, 0.05) is 11.9 Å². The van der Waals surface area contributed by atoms with Crippen LogP contribution < -0.4 is 5.32 Å². The Bertz CT molecular complexity index is 1110. The van der Waals surface area contributed by atoms with E-state index in [9.17, 15) is 9.59 Å². The molecule has 0 spiro atoms. The molecular formula is C20H23N5O3S2. The quantitative estimate of drug-likeness (QED) is 0.352. The molecule has 1 aliphatic rings. The highest BCUT2D eigenvalue weighted by Crippen LogP contribution is 2.39. The van der Waals surface area contributed by atoms with Gasteiger partial charge in [-0.1, -0.05) is 11.8 Å². The van der Waals surface area contributed by atoms with E-state index in [1.54, 1.807) is 17.8 Å². The molecule has 3 heterocycles. The molecule has 30 heavy (non-hydrogen) atoms. The Hall–Kier alpha value is -2.46. The predicted octanol–water partition coefficient (Wildman–Crippen LogP) is 3.60. The minimum atomic E-state index is -0.419. The van der Waals surface area contributed by atoms with Gasteiger partial charge >= 0.3 is 5.97 Å². The average Bonchev–Trinajstić information content (AvgIpc) is 3.29. The molecule has 4 rings (SSSR count). The summed E-state index contributed by atoms with van der Waals surface area (Å²) in [5, 5.41) is 8.87. The van der Waals surface area contributed by atoms with Crippen molar-refractivity contribution < 1.29 is 14.3 Å². The number of ether oxygens (including phenoxy) is 1. The number of hydrogen-bond donors (Lipinski definition) is 1. The molecule has 0 aliphatic heterocycles. The number of thioether (sulfide) groups is 1. The number of thiophene rings is 1. The first-order chi connectivity index (χ1) is 14.5. The van der Waals surface area contributed by atoms with Crippen LogP contribution in [-0.4, -0.2) is 43.5 Å². The number of aryl methyl sites for hydroxylation is 2. The summed E-state index contributed by atoms with van der Waals surface area (Å²) in [4.78, 5) is 35.3. The van der Waals surface area contributed by atoms with Crippen LogP contribution in [-0.2, 0) is 29.4 Å². The molecule has 0 saturated carbocycles. The summed E-state index contributed by atoms with van der Waals surface area (Å²) >= 11 is 2.84. The van der Waals surface area contributed by atoms with Crippen molar-refractivity contribution in [1.82, 2.24) is 19.7 Å². The zero-order chi connectivity index (χ0) is 21.3. The number of carbonyl (C=O) groups is 2. The summed E-state index contributed by atoms with van der Waals surface area (Å²) in [5.41, 5.74) is 2.28. The number of fused-ring (bicyclic) bond motifs is 2. The Labute approximate surface area is 182 Å². The normalized spacial score (nSPS) is 14.4. The summed E-state index contributed by atoms with van der Waals surface area (Å²) in [6.07, 6.45) is 7.11. The van der Waals surface area contributed by atoms with Gasteiger partial charge in [0.2, 0.25) is 5.91 Å². The lowest BCUT2D eigenvalue weighted by molar-refractivity contribution is -0.115. The summed E-state index contributed by atoms with van der Waals surface area (Å²) in [6.45, 7) is 3.91. The molecule has 3 aromatic heterocycles. The number of nitrogens with zero attached hydrogens (tertiary/aromatic N) is 4. The Morgan fingerprint density at radius 1 is 1.33 bits per heavy atom. The molecule has 8 nitrogen and oxygen atoms in total. The number of esters is 1. The van der Waals surface area contributed by atoms with Gasteiger partial charge in [-0.2, -0.15) is 5.10 Å². The molecule has 0 saturated heterocycles. The van der Waals surface area contributed by atoms with E-state index in [1.807, 2.05) is 14.0 Å². The van der Waals surface area contributed by atoms with Gasteiger partial charge in [0.15, 0.2) is 5.65 Å². The maximum Gasteiger partial charge on any atom is 0.341 e. The summed E-state index contributed by atoms with van der Waals surface area (Å²) in [6, 6.07) is 0. The molecule has 1 amide bonds. The number of rotatable bonds is 6. The lowest BCUT2D eigenvalue weighted by Gasteiger charge is -2.13. The van der Waals surface area contributed by atoms with Crippen molar-refractivity contribution in [2.75, 3.05) is 11.9 Å². The largest absolute Gasteiger partial charge is 0.462 e. The van der Waals surface area contributed by atoms with Crippen molar-refractivity contribution in [3.8, 4) is 0 Å². The fraction of sp³-hybridized carbons (Fsp3) is 0.450. The van der Waals surface area contributed by atoms with Crippen molar-refractivity contribution >= 4 is 51.0 Å². The predicted molar refractivity (Wildman–Crippen MR) is 117 cm³/mol. The summed E-state index contributed by atoms with van der Waals surface area (Å²) in [5.74, 6) is -0.542. The third-order valence-electron chi connectivity index (χ3n) is 5.04. The molecule has 1 unspecified atom stereocenters. The third kappa shape index (κ3) is 3.93. The Balaban J connectivity index is 1.56. The Kier molecular flexibility index (Phi) is 6.05. The van der Waals surface area contributed by atoms with Gasteiger partial charge < -0.3 is 10.1 Å². The van der Waals surface area contributed by atoms with E-state index in [-0.39, 0.29) is 11.9 Å². The standard InChI is InChI=1S/C20H23N5O3S2/c1-4-28-20(27)15-12-7-5-6-8-14(12)30-19(15)24-17(26)11(2)29-18-13-9-23-25(3)16(13)21-10-22-18/h9-11H,4-8H2,1-3H3,(H,24,26). The van der Waals surface area contributed by atoms with E-state index in [0.717, 1.165) is 42.3 Å². The Morgan fingerprint density at radius 2 is 2.13 bits per heavy atom. The van der Waals surface area contributed by atoms with Crippen molar-refractivity contribution in [3.63, 3.8) is 0 Å². The van der Waals surface area contributed by atoms with Crippen LogP contribution in [0.2, 0.25) is 0 Å². The maximum absolute atomic E-state index is 13.0. The monoisotopic (exact) mass is 445 g/mol. The number of anilines is 1. The molecule has 1 atom stereocenters. The SMILES string of the molecule is CCOC(=O)c1c(NC(=O)C(C)Sc2ncnc3c2cnn3C)sc2c1CCCC2. The average molecular weight is 446 g/mol. The topological polar surface area (TPSA) is 99.0 Å². The molecular weight excluding hydrogens is 422 g/mol. The van der Waals surface area contributed by atoms with Crippen LogP contribution >= 0.6 is 23.1 Å². The number of nitrogens with one attached hydrogen (secondary N) is 1. The zero-order valence-electron chi connectivity index (χ0n) is 17.1. The van der Waals surface area contributed by atoms with Crippen LogP contribution in [0.4, 0.5) is 5.00 Å². The van der Waals surface area contributed by atoms with Gasteiger partial charge in [-0.3, -0.25) is 9.48 Å². The van der Waals surface area contributed by atoms with Gasteiger partial charge in [0.25, 0.3) is 0 Å². The van der Waals surface area contributed by atoms with Gasteiger partial charge in [0.05, 0.1) is 29.0 Å². The van der Waals surface area contributed by atoms with Crippen LogP contribution in [0.1, 0.15) is 47.5 Å². The molecule has 0 radical (unpaired) electrons. The molecule has 10 heteroatoms. The van der Waals surface area contributed by atoms with Crippen LogP contribution in [0.25, 0.3) is 11.0 Å². The minimum Gasteiger partial charge on any atom is -0.462 e. The fourth-order valence-electron chi connectivity index (χ4n) is 3.54. The first-order valence-corrected chi connectivity index (χ1v) is 11.6. The molecule has 3 aromatic rings. The molecule has 0 fully saturated rings. The Morgan fingerprint density at radius 3 is 2.93 bits per heavy atom. The van der Waals surface area contributed by atoms with Crippen LogP contribution in [0, 0.1) is 0 Å². The van der Waals surface area contributed by atoms with Crippen LogP contribution in [0.5, 0.6) is 0 Å². The van der Waals surface area contributed by atoms with Gasteiger partial charge in [-0.05, 0) is 45.1 Å². The van der Waals surface area contributed by atoms with Crippen molar-refractivity contribution in [1.29, 1.82) is 0 Å². The van der Waals surface area contributed by atoms with Crippen molar-refractivity contribution in [2.24, 2.45) is 7.05 Å². The number of amides is 1. The van der Waals surface area contributed by atoms with E-state index >= 15 is 0 Å². The van der Waals surface area contributed by atoms with Crippen LogP contribution in [0.15, 0.2) is 17.6 Å². The van der Waals surface area contributed by atoms with Crippen molar-refractivity contribution in [3.05, 3.63) is 28.5 Å². The van der Waals surface area contributed by atoms with E-state index < -0.39 is 5.25 Å². The highest BCUT2D eigenvalue weighted by Gasteiger charge is 2.28. The molecule has 158 valence electrons. The molecule has 0 aromatic carbocycles. The van der Waals surface area contributed by atoms with E-state index in [1.165, 1.54) is 34.3 Å². The fourth-order valence-corrected chi connectivity index (χ4v) is 5.70. The number of aromatic nitrogens is 4. The van der Waals surface area contributed by atoms with E-state index in [2.05, 4.69) is 20.4 Å². The smallest absolute Gasteiger partial charge is 0.341 e. The highest BCUT2D eigenvalue weighted by molar-refractivity contribution is 8.00. The molecule has 0 bridgehead atoms. The number of carbonyl (C=O) groups excluding carboxylic acids is 2. The minimum absolute atomic E-state index is 0.181. The second-order valence-corrected chi connectivity index (χ2v) is 9.50. The lowest BCUT2D eigenvalue weighted by atomic mass is 9.95. The first-order valence-electron chi connectivity index (χ1n) is 9.91. The summed E-state index contributed by atoms with van der Waals surface area (Å²) < 4.78 is 6.94. The lowest BCUT2D eigenvalue weighted by Crippen LogP contribution is -2.23. The van der Waals surface area contributed by atoms with Gasteiger partial charge in [0.1, 0.15) is 16.4 Å². The second-order valence-electron chi connectivity index (χ2n) is 7.07. The first kappa shape index (κ1) is 20.8. The molecule has 1 aliphatic carbocycles. The maximum atomic E-state index is 13.0. The number of hydrogen-bond acceptors (Lipinski definition) is 8. The summed E-state index contributed by atoms with van der Waals surface area (Å²) in [7, 11) is 1.81. The van der Waals surface area contributed by atoms with Crippen molar-refractivity contribution in [2.45, 2.75) is 49.8 Å². The van der Waals surface area contributed by atoms with E-state index in [0.29, 0.717) is 22.2 Å². The second kappa shape index (κ2) is 8.73. The van der Waals surface area contributed by atoms with Gasteiger partial charge in [-0.25, -0.2) is 14.8 Å².